The minimum Gasteiger partial charge on any atom is -0.493 e. The van der Waals surface area contributed by atoms with Crippen molar-refractivity contribution < 1.29 is 14.3 Å². The smallest absolute Gasteiger partial charge is 0.251 e. The molecule has 1 aliphatic rings. The van der Waals surface area contributed by atoms with Crippen LogP contribution in [-0.4, -0.2) is 42.5 Å². The van der Waals surface area contributed by atoms with Crippen molar-refractivity contribution in [3.05, 3.63) is 64.7 Å². The van der Waals surface area contributed by atoms with Crippen LogP contribution >= 0.6 is 0 Å². The molecule has 0 spiro atoms. The predicted molar refractivity (Wildman–Crippen MR) is 119 cm³/mol. The van der Waals surface area contributed by atoms with Crippen LogP contribution in [0.4, 0.5) is 0 Å². The second kappa shape index (κ2) is 10.3. The number of nitrogens with one attached hydrogen (secondary N) is 1. The summed E-state index contributed by atoms with van der Waals surface area (Å²) in [5, 5.41) is 3.12. The fraction of sp³-hybridized carbons (Fsp3) is 0.440. The van der Waals surface area contributed by atoms with Crippen LogP contribution in [0.15, 0.2) is 42.5 Å². The van der Waals surface area contributed by atoms with Gasteiger partial charge in [0.2, 0.25) is 5.91 Å². The molecule has 2 amide bonds. The highest BCUT2D eigenvalue weighted by atomic mass is 16.5. The first-order chi connectivity index (χ1) is 14.4. The molecule has 160 valence electrons. The van der Waals surface area contributed by atoms with Crippen LogP contribution in [-0.2, 0) is 4.79 Å². The van der Waals surface area contributed by atoms with Crippen LogP contribution in [0.1, 0.15) is 52.7 Å². The van der Waals surface area contributed by atoms with Gasteiger partial charge in [-0.25, -0.2) is 0 Å². The van der Waals surface area contributed by atoms with Crippen molar-refractivity contribution in [2.75, 3.05) is 19.7 Å². The summed E-state index contributed by atoms with van der Waals surface area (Å²) in [4.78, 5) is 26.9. The summed E-state index contributed by atoms with van der Waals surface area (Å²) >= 11 is 0. The molecule has 2 aromatic rings. The van der Waals surface area contributed by atoms with Gasteiger partial charge in [-0.2, -0.15) is 0 Å². The molecule has 0 atom stereocenters. The van der Waals surface area contributed by atoms with Crippen LogP contribution in [0.5, 0.6) is 5.75 Å². The minimum absolute atomic E-state index is 0.0313. The average Bonchev–Trinajstić information content (AvgIpc) is 2.74. The molecule has 5 heteroatoms. The molecule has 0 unspecified atom stereocenters. The minimum atomic E-state index is -0.0313. The first-order valence-corrected chi connectivity index (χ1v) is 10.8. The molecule has 0 aliphatic carbocycles. The van der Waals surface area contributed by atoms with Crippen molar-refractivity contribution in [2.45, 2.75) is 52.5 Å². The number of amides is 2. The van der Waals surface area contributed by atoms with Gasteiger partial charge in [-0.1, -0.05) is 24.3 Å². The maximum atomic E-state index is 12.5. The first kappa shape index (κ1) is 21.9. The van der Waals surface area contributed by atoms with E-state index < -0.39 is 0 Å². The number of para-hydroxylation sites is 1. The molecule has 1 heterocycles. The van der Waals surface area contributed by atoms with Crippen LogP contribution in [0.2, 0.25) is 0 Å². The van der Waals surface area contributed by atoms with Crippen molar-refractivity contribution >= 4 is 11.8 Å². The summed E-state index contributed by atoms with van der Waals surface area (Å²) in [5.41, 5.74) is 4.11. The number of rotatable bonds is 7. The molecular weight excluding hydrogens is 376 g/mol. The molecule has 3 rings (SSSR count). The van der Waals surface area contributed by atoms with Gasteiger partial charge in [0, 0.05) is 31.1 Å². The van der Waals surface area contributed by atoms with Gasteiger partial charge in [0.05, 0.1) is 6.61 Å². The number of nitrogens with zero attached hydrogens (tertiary/aromatic N) is 1. The van der Waals surface area contributed by atoms with E-state index in [1.54, 1.807) is 0 Å². The van der Waals surface area contributed by atoms with E-state index in [1.807, 2.05) is 68.1 Å². The van der Waals surface area contributed by atoms with E-state index in [2.05, 4.69) is 5.32 Å². The average molecular weight is 409 g/mol. The Morgan fingerprint density at radius 3 is 2.43 bits per heavy atom. The van der Waals surface area contributed by atoms with E-state index in [1.165, 1.54) is 5.56 Å². The molecule has 0 radical (unpaired) electrons. The molecule has 0 saturated carbocycles. The number of carbonyl (C=O) groups is 2. The van der Waals surface area contributed by atoms with Crippen molar-refractivity contribution in [1.29, 1.82) is 0 Å². The van der Waals surface area contributed by atoms with Crippen LogP contribution in [0.3, 0.4) is 0 Å². The predicted octanol–water partition coefficient (Wildman–Crippen LogP) is 4.19. The Balaban J connectivity index is 1.37. The molecular formula is C25H32N2O3. The van der Waals surface area contributed by atoms with E-state index >= 15 is 0 Å². The van der Waals surface area contributed by atoms with Crippen molar-refractivity contribution in [1.82, 2.24) is 10.2 Å². The number of benzene rings is 2. The Kier molecular flexibility index (Phi) is 7.50. The standard InChI is InChI=1S/C25H32N2O3/c1-18-10-11-21(17-20(18)3)25(29)26-22-12-14-27(15-13-22)24(28)9-6-16-30-23-8-5-4-7-19(23)2/h4-5,7-8,10-11,17,22H,6,9,12-16H2,1-3H3,(H,26,29). The zero-order valence-corrected chi connectivity index (χ0v) is 18.2. The topological polar surface area (TPSA) is 58.6 Å². The van der Waals surface area contributed by atoms with Crippen LogP contribution in [0, 0.1) is 20.8 Å². The van der Waals surface area contributed by atoms with Gasteiger partial charge in [0.15, 0.2) is 0 Å². The molecule has 1 fully saturated rings. The lowest BCUT2D eigenvalue weighted by atomic mass is 10.0. The van der Waals surface area contributed by atoms with Crippen molar-refractivity contribution in [3.8, 4) is 5.75 Å². The maximum absolute atomic E-state index is 12.5. The maximum Gasteiger partial charge on any atom is 0.251 e. The summed E-state index contributed by atoms with van der Waals surface area (Å²) in [6, 6.07) is 13.8. The van der Waals surface area contributed by atoms with Gasteiger partial charge >= 0.3 is 0 Å². The molecule has 1 saturated heterocycles. The molecule has 0 aromatic heterocycles. The first-order valence-electron chi connectivity index (χ1n) is 10.8. The normalized spacial score (nSPS) is 14.4. The summed E-state index contributed by atoms with van der Waals surface area (Å²) in [5.74, 6) is 1.02. The quantitative estimate of drug-likeness (QED) is 0.699. The number of hydrogen-bond donors (Lipinski definition) is 1. The highest BCUT2D eigenvalue weighted by molar-refractivity contribution is 5.94. The zero-order valence-electron chi connectivity index (χ0n) is 18.2. The van der Waals surface area contributed by atoms with Gasteiger partial charge in [0.1, 0.15) is 5.75 Å². The number of likely N-dealkylation sites (tertiary alicyclic amines) is 1. The third kappa shape index (κ3) is 5.85. The molecule has 1 N–H and O–H groups in total. The van der Waals surface area contributed by atoms with Gasteiger partial charge in [-0.3, -0.25) is 9.59 Å². The van der Waals surface area contributed by atoms with Gasteiger partial charge < -0.3 is 15.0 Å². The van der Waals surface area contributed by atoms with E-state index in [0.29, 0.717) is 38.1 Å². The van der Waals surface area contributed by atoms with Crippen molar-refractivity contribution in [3.63, 3.8) is 0 Å². The summed E-state index contributed by atoms with van der Waals surface area (Å²) < 4.78 is 5.77. The van der Waals surface area contributed by atoms with E-state index in [0.717, 1.165) is 29.7 Å². The van der Waals surface area contributed by atoms with Crippen molar-refractivity contribution in [2.24, 2.45) is 0 Å². The fourth-order valence-corrected chi connectivity index (χ4v) is 3.71. The molecule has 2 aromatic carbocycles. The third-order valence-corrected chi connectivity index (χ3v) is 5.84. The van der Waals surface area contributed by atoms with Crippen LogP contribution in [0.25, 0.3) is 0 Å². The van der Waals surface area contributed by atoms with E-state index in [4.69, 9.17) is 4.74 Å². The lowest BCUT2D eigenvalue weighted by molar-refractivity contribution is -0.132. The number of ether oxygens (including phenoxy) is 1. The molecule has 0 bridgehead atoms. The monoisotopic (exact) mass is 408 g/mol. The Morgan fingerprint density at radius 1 is 1.00 bits per heavy atom. The fourth-order valence-electron chi connectivity index (χ4n) is 3.71. The highest BCUT2D eigenvalue weighted by Gasteiger charge is 2.24. The molecule has 5 nitrogen and oxygen atoms in total. The van der Waals surface area contributed by atoms with Gasteiger partial charge in [0.25, 0.3) is 5.91 Å². The van der Waals surface area contributed by atoms with E-state index in [9.17, 15) is 9.59 Å². The number of carbonyl (C=O) groups excluding carboxylic acids is 2. The highest BCUT2D eigenvalue weighted by Crippen LogP contribution is 2.17. The Labute approximate surface area is 179 Å². The summed E-state index contributed by atoms with van der Waals surface area (Å²) in [6.45, 7) is 7.99. The number of hydrogen-bond acceptors (Lipinski definition) is 3. The lowest BCUT2D eigenvalue weighted by Gasteiger charge is -2.32. The third-order valence-electron chi connectivity index (χ3n) is 5.84. The Morgan fingerprint density at radius 2 is 1.73 bits per heavy atom. The van der Waals surface area contributed by atoms with Gasteiger partial charge in [-0.05, 0) is 74.9 Å². The number of piperidine rings is 1. The van der Waals surface area contributed by atoms with Crippen LogP contribution < -0.4 is 10.1 Å². The zero-order chi connectivity index (χ0) is 21.5. The second-order valence-electron chi connectivity index (χ2n) is 8.15. The summed E-state index contributed by atoms with van der Waals surface area (Å²) in [6.07, 6.45) is 2.78. The van der Waals surface area contributed by atoms with E-state index in [-0.39, 0.29) is 17.9 Å². The molecule has 30 heavy (non-hydrogen) atoms. The Bertz CT molecular complexity index is 886. The molecule has 1 aliphatic heterocycles. The SMILES string of the molecule is Cc1ccc(C(=O)NC2CCN(C(=O)CCCOc3ccccc3C)CC2)cc1C. The lowest BCUT2D eigenvalue weighted by Crippen LogP contribution is -2.46. The van der Waals surface area contributed by atoms with Gasteiger partial charge in [-0.15, -0.1) is 0 Å². The number of aryl methyl sites for hydroxylation is 3. The summed E-state index contributed by atoms with van der Waals surface area (Å²) in [7, 11) is 0. The second-order valence-corrected chi connectivity index (χ2v) is 8.15. The Hall–Kier alpha value is -2.82. The largest absolute Gasteiger partial charge is 0.493 e.